The van der Waals surface area contributed by atoms with Crippen molar-refractivity contribution >= 4 is 23.4 Å². The van der Waals surface area contributed by atoms with Crippen LogP contribution in [0.15, 0.2) is 36.9 Å². The standard InChI is InChI=1S/C18H19N3O3/c1-4-9-21-12-8-6-5-7-11(12)18(17(21)24)14-13(10(2)19-18)15(22)20(3)16(14)23/h4-8,10,13-14,19H,1,9H2,2-3H3/t10-,13-,14+,18+/m1/s1. The van der Waals surface area contributed by atoms with Gasteiger partial charge in [0.15, 0.2) is 0 Å². The quantitative estimate of drug-likeness (QED) is 0.640. The molecule has 3 aliphatic heterocycles. The molecule has 1 aromatic rings. The third-order valence-electron chi connectivity index (χ3n) is 5.55. The van der Waals surface area contributed by atoms with Crippen LogP contribution in [0.4, 0.5) is 5.69 Å². The Morgan fingerprint density at radius 2 is 1.96 bits per heavy atom. The zero-order valence-corrected chi connectivity index (χ0v) is 13.7. The van der Waals surface area contributed by atoms with E-state index in [0.29, 0.717) is 6.54 Å². The van der Waals surface area contributed by atoms with Crippen molar-refractivity contribution in [1.29, 1.82) is 0 Å². The van der Waals surface area contributed by atoms with Crippen LogP contribution >= 0.6 is 0 Å². The molecule has 0 saturated carbocycles. The van der Waals surface area contributed by atoms with E-state index in [1.807, 2.05) is 31.2 Å². The molecule has 1 spiro atoms. The van der Waals surface area contributed by atoms with Crippen molar-refractivity contribution in [3.05, 3.63) is 42.5 Å². The van der Waals surface area contributed by atoms with Gasteiger partial charge in [0.05, 0.1) is 11.8 Å². The van der Waals surface area contributed by atoms with Crippen LogP contribution in [0, 0.1) is 11.8 Å². The van der Waals surface area contributed by atoms with E-state index in [9.17, 15) is 14.4 Å². The van der Waals surface area contributed by atoms with Gasteiger partial charge in [0.2, 0.25) is 11.8 Å². The van der Waals surface area contributed by atoms with Gasteiger partial charge in [-0.3, -0.25) is 24.6 Å². The molecule has 24 heavy (non-hydrogen) atoms. The molecule has 0 unspecified atom stereocenters. The molecule has 0 radical (unpaired) electrons. The topological polar surface area (TPSA) is 69.7 Å². The second-order valence-electron chi connectivity index (χ2n) is 6.70. The molecule has 4 rings (SSSR count). The number of fused-ring (bicyclic) bond motifs is 4. The smallest absolute Gasteiger partial charge is 0.253 e. The summed E-state index contributed by atoms with van der Waals surface area (Å²) in [6.45, 7) is 5.95. The highest BCUT2D eigenvalue weighted by Crippen LogP contribution is 2.54. The SMILES string of the molecule is C=CCN1C(=O)[C@]2(N[C@H](C)[C@H]3C(=O)N(C)C(=O)[C@H]32)c2ccccc21. The number of nitrogens with zero attached hydrogens (tertiary/aromatic N) is 2. The molecule has 0 aromatic heterocycles. The number of benzene rings is 1. The lowest BCUT2D eigenvalue weighted by atomic mass is 9.76. The molecule has 6 nitrogen and oxygen atoms in total. The molecule has 1 N–H and O–H groups in total. The Kier molecular flexibility index (Phi) is 3.00. The minimum absolute atomic E-state index is 0.181. The maximum absolute atomic E-state index is 13.4. The van der Waals surface area contributed by atoms with E-state index < -0.39 is 17.4 Å². The summed E-state index contributed by atoms with van der Waals surface area (Å²) < 4.78 is 0. The largest absolute Gasteiger partial charge is 0.306 e. The van der Waals surface area contributed by atoms with Gasteiger partial charge in [-0.25, -0.2) is 0 Å². The van der Waals surface area contributed by atoms with E-state index in [0.717, 1.165) is 11.3 Å². The number of hydrogen-bond donors (Lipinski definition) is 1. The summed E-state index contributed by atoms with van der Waals surface area (Å²) in [7, 11) is 1.50. The van der Waals surface area contributed by atoms with Gasteiger partial charge in [-0.2, -0.15) is 0 Å². The van der Waals surface area contributed by atoms with E-state index in [1.165, 1.54) is 11.9 Å². The van der Waals surface area contributed by atoms with Crippen molar-refractivity contribution in [3.8, 4) is 0 Å². The first kappa shape index (κ1) is 15.1. The summed E-state index contributed by atoms with van der Waals surface area (Å²) in [5.74, 6) is -1.89. The van der Waals surface area contributed by atoms with Gasteiger partial charge in [-0.05, 0) is 13.0 Å². The van der Waals surface area contributed by atoms with Gasteiger partial charge in [0.1, 0.15) is 5.54 Å². The van der Waals surface area contributed by atoms with Crippen LogP contribution in [0.3, 0.4) is 0 Å². The second-order valence-corrected chi connectivity index (χ2v) is 6.70. The molecule has 4 atom stereocenters. The van der Waals surface area contributed by atoms with E-state index >= 15 is 0 Å². The van der Waals surface area contributed by atoms with Gasteiger partial charge in [0.25, 0.3) is 5.91 Å². The third-order valence-corrected chi connectivity index (χ3v) is 5.55. The van der Waals surface area contributed by atoms with E-state index in [4.69, 9.17) is 0 Å². The number of carbonyl (C=O) groups excluding carboxylic acids is 3. The number of nitrogens with one attached hydrogen (secondary N) is 1. The van der Waals surface area contributed by atoms with Gasteiger partial charge < -0.3 is 4.90 Å². The second kappa shape index (κ2) is 4.77. The number of rotatable bonds is 2. The van der Waals surface area contributed by atoms with Crippen LogP contribution in [-0.4, -0.2) is 42.3 Å². The van der Waals surface area contributed by atoms with Crippen molar-refractivity contribution in [2.24, 2.45) is 11.8 Å². The first-order valence-corrected chi connectivity index (χ1v) is 8.06. The number of para-hydroxylation sites is 1. The number of likely N-dealkylation sites (tertiary alicyclic amines) is 1. The van der Waals surface area contributed by atoms with Crippen LogP contribution < -0.4 is 10.2 Å². The highest BCUT2D eigenvalue weighted by molar-refractivity contribution is 6.15. The van der Waals surface area contributed by atoms with E-state index in [-0.39, 0.29) is 23.8 Å². The van der Waals surface area contributed by atoms with Gasteiger partial charge in [-0.1, -0.05) is 24.3 Å². The Morgan fingerprint density at radius 1 is 1.25 bits per heavy atom. The Balaban J connectivity index is 1.95. The molecular weight excluding hydrogens is 306 g/mol. The van der Waals surface area contributed by atoms with Crippen molar-refractivity contribution in [3.63, 3.8) is 0 Å². The number of amides is 3. The Bertz CT molecular complexity index is 789. The molecule has 6 heteroatoms. The fraction of sp³-hybridized carbons (Fsp3) is 0.389. The summed E-state index contributed by atoms with van der Waals surface area (Å²) in [6.07, 6.45) is 1.66. The highest BCUT2D eigenvalue weighted by atomic mass is 16.2. The van der Waals surface area contributed by atoms with Gasteiger partial charge >= 0.3 is 0 Å². The molecule has 3 amide bonds. The molecule has 1 aromatic carbocycles. The molecule has 2 fully saturated rings. The number of hydrogen-bond acceptors (Lipinski definition) is 4. The Labute approximate surface area is 140 Å². The van der Waals surface area contributed by atoms with Crippen molar-refractivity contribution in [1.82, 2.24) is 10.2 Å². The molecule has 0 aliphatic carbocycles. The van der Waals surface area contributed by atoms with E-state index in [2.05, 4.69) is 11.9 Å². The average Bonchev–Trinajstić information content (AvgIpc) is 3.10. The zero-order valence-electron chi connectivity index (χ0n) is 13.7. The first-order valence-electron chi connectivity index (χ1n) is 8.06. The summed E-state index contributed by atoms with van der Waals surface area (Å²) >= 11 is 0. The summed E-state index contributed by atoms with van der Waals surface area (Å²) in [6, 6.07) is 7.21. The predicted octanol–water partition coefficient (Wildman–Crippen LogP) is 0.637. The maximum atomic E-state index is 13.4. The van der Waals surface area contributed by atoms with Crippen molar-refractivity contribution in [2.75, 3.05) is 18.5 Å². The first-order chi connectivity index (χ1) is 11.4. The van der Waals surface area contributed by atoms with Crippen LogP contribution in [0.2, 0.25) is 0 Å². The maximum Gasteiger partial charge on any atom is 0.253 e. The number of imide groups is 1. The molecule has 0 bridgehead atoms. The summed E-state index contributed by atoms with van der Waals surface area (Å²) in [5, 5.41) is 3.31. The summed E-state index contributed by atoms with van der Waals surface area (Å²) in [5.41, 5.74) is 0.381. The van der Waals surface area contributed by atoms with Crippen LogP contribution in [0.5, 0.6) is 0 Å². The van der Waals surface area contributed by atoms with Crippen LogP contribution in [0.25, 0.3) is 0 Å². The Hall–Kier alpha value is -2.47. The molecule has 3 aliphatic rings. The minimum atomic E-state index is -1.17. The molecule has 2 saturated heterocycles. The fourth-order valence-electron chi connectivity index (χ4n) is 4.56. The lowest BCUT2D eigenvalue weighted by molar-refractivity contribution is -0.141. The minimum Gasteiger partial charge on any atom is -0.306 e. The number of carbonyl (C=O) groups is 3. The van der Waals surface area contributed by atoms with Gasteiger partial charge in [-0.15, -0.1) is 6.58 Å². The number of anilines is 1. The third kappa shape index (κ3) is 1.52. The Morgan fingerprint density at radius 3 is 2.67 bits per heavy atom. The van der Waals surface area contributed by atoms with Crippen molar-refractivity contribution in [2.45, 2.75) is 18.5 Å². The highest BCUT2D eigenvalue weighted by Gasteiger charge is 2.70. The zero-order chi connectivity index (χ0) is 17.2. The van der Waals surface area contributed by atoms with E-state index in [1.54, 1.807) is 11.0 Å². The summed E-state index contributed by atoms with van der Waals surface area (Å²) in [4.78, 5) is 41.5. The van der Waals surface area contributed by atoms with Crippen LogP contribution in [-0.2, 0) is 19.9 Å². The molecular formula is C18H19N3O3. The predicted molar refractivity (Wildman–Crippen MR) is 88.0 cm³/mol. The fourth-order valence-corrected chi connectivity index (χ4v) is 4.56. The molecule has 3 heterocycles. The monoisotopic (exact) mass is 325 g/mol. The van der Waals surface area contributed by atoms with Crippen molar-refractivity contribution < 1.29 is 14.4 Å². The lowest BCUT2D eigenvalue weighted by Gasteiger charge is -2.29. The van der Waals surface area contributed by atoms with Gasteiger partial charge in [0, 0.05) is 30.9 Å². The lowest BCUT2D eigenvalue weighted by Crippen LogP contribution is -2.54. The van der Waals surface area contributed by atoms with Crippen LogP contribution in [0.1, 0.15) is 12.5 Å². The molecule has 124 valence electrons. The normalized spacial score (nSPS) is 34.2. The average molecular weight is 325 g/mol.